The van der Waals surface area contributed by atoms with E-state index < -0.39 is 5.97 Å². The Morgan fingerprint density at radius 2 is 2.05 bits per heavy atom. The Balaban J connectivity index is 2.30. The second kappa shape index (κ2) is 4.64. The van der Waals surface area contributed by atoms with Crippen molar-refractivity contribution in [3.8, 4) is 0 Å². The largest absolute Gasteiger partial charge is 0.478 e. The average Bonchev–Trinajstić information content (AvgIpc) is 2.67. The van der Waals surface area contributed by atoms with Crippen LogP contribution in [0, 0.1) is 6.92 Å². The predicted molar refractivity (Wildman–Crippen MR) is 70.3 cm³/mol. The normalized spacial score (nSPS) is 17.5. The van der Waals surface area contributed by atoms with Crippen LogP contribution in [0.2, 0.25) is 0 Å². The fourth-order valence-corrected chi connectivity index (χ4v) is 2.53. The van der Waals surface area contributed by atoms with E-state index in [1.807, 2.05) is 18.7 Å². The molecule has 1 N–H and O–H groups in total. The molecule has 1 saturated heterocycles. The van der Waals surface area contributed by atoms with Gasteiger partial charge in [0, 0.05) is 12.1 Å². The predicted octanol–water partition coefficient (Wildman–Crippen LogP) is 2.10. The maximum Gasteiger partial charge on any atom is 0.337 e. The number of hydrogen-bond acceptors (Lipinski definition) is 3. The Kier molecular flexibility index (Phi) is 3.30. The van der Waals surface area contributed by atoms with Gasteiger partial charge in [-0.3, -0.25) is 4.79 Å². The van der Waals surface area contributed by atoms with Gasteiger partial charge in [0.1, 0.15) is 5.69 Å². The third kappa shape index (κ3) is 2.45. The highest BCUT2D eigenvalue weighted by Crippen LogP contribution is 2.29. The van der Waals surface area contributed by atoms with Gasteiger partial charge in [-0.1, -0.05) is 0 Å². The Morgan fingerprint density at radius 1 is 1.37 bits per heavy atom. The Hall–Kier alpha value is -1.91. The quantitative estimate of drug-likeness (QED) is 0.886. The summed E-state index contributed by atoms with van der Waals surface area (Å²) in [6.45, 7) is 6.41. The van der Waals surface area contributed by atoms with Crippen LogP contribution >= 0.6 is 0 Å². The van der Waals surface area contributed by atoms with Crippen molar-refractivity contribution in [2.75, 3.05) is 6.54 Å². The van der Waals surface area contributed by atoms with E-state index in [2.05, 4.69) is 4.98 Å². The number of carboxylic acids is 1. The lowest BCUT2D eigenvalue weighted by Gasteiger charge is -2.31. The first kappa shape index (κ1) is 13.5. The monoisotopic (exact) mass is 262 g/mol. The molecule has 102 valence electrons. The number of nitrogens with zero attached hydrogens (tertiary/aromatic N) is 2. The number of aryl methyl sites for hydroxylation is 1. The summed E-state index contributed by atoms with van der Waals surface area (Å²) in [5.41, 5.74) is 0.670. The highest BCUT2D eigenvalue weighted by molar-refractivity contribution is 5.95. The highest BCUT2D eigenvalue weighted by Gasteiger charge is 2.36. The van der Waals surface area contributed by atoms with E-state index in [1.54, 1.807) is 6.92 Å². The first-order valence-electron chi connectivity index (χ1n) is 6.36. The summed E-state index contributed by atoms with van der Waals surface area (Å²) in [5, 5.41) is 8.95. The number of carboxylic acid groups (broad SMARTS) is 1. The molecule has 0 aliphatic carbocycles. The van der Waals surface area contributed by atoms with Crippen molar-refractivity contribution in [3.05, 3.63) is 29.1 Å². The Labute approximate surface area is 112 Å². The van der Waals surface area contributed by atoms with E-state index in [0.29, 0.717) is 11.4 Å². The second-order valence-electron chi connectivity index (χ2n) is 5.51. The van der Waals surface area contributed by atoms with Crippen LogP contribution in [0.15, 0.2) is 12.1 Å². The van der Waals surface area contributed by atoms with E-state index in [-0.39, 0.29) is 17.0 Å². The molecule has 1 aromatic heterocycles. The average molecular weight is 262 g/mol. The summed E-state index contributed by atoms with van der Waals surface area (Å²) in [7, 11) is 0. The minimum atomic E-state index is -1.02. The molecule has 5 heteroatoms. The van der Waals surface area contributed by atoms with E-state index in [1.165, 1.54) is 12.1 Å². The van der Waals surface area contributed by atoms with Gasteiger partial charge < -0.3 is 10.0 Å². The van der Waals surface area contributed by atoms with Crippen LogP contribution in [-0.2, 0) is 0 Å². The van der Waals surface area contributed by atoms with Crippen LogP contribution in [0.1, 0.15) is 53.2 Å². The van der Waals surface area contributed by atoms with Gasteiger partial charge in [-0.25, -0.2) is 9.78 Å². The number of aromatic nitrogens is 1. The van der Waals surface area contributed by atoms with E-state index in [4.69, 9.17) is 5.11 Å². The van der Waals surface area contributed by atoms with Gasteiger partial charge in [-0.05, 0) is 45.7 Å². The fraction of sp³-hybridized carbons (Fsp3) is 0.500. The van der Waals surface area contributed by atoms with Gasteiger partial charge in [0.05, 0.1) is 11.3 Å². The SMILES string of the molecule is Cc1nc(C(=O)N2CCCC2(C)C)ccc1C(=O)O. The molecular weight excluding hydrogens is 244 g/mol. The fourth-order valence-electron chi connectivity index (χ4n) is 2.53. The number of pyridine rings is 1. The molecule has 0 atom stereocenters. The lowest BCUT2D eigenvalue weighted by molar-refractivity contribution is 0.0640. The molecular formula is C14H18N2O3. The lowest BCUT2D eigenvalue weighted by atomic mass is 10.0. The number of carbonyl (C=O) groups is 2. The van der Waals surface area contributed by atoms with Crippen molar-refractivity contribution in [1.29, 1.82) is 0 Å². The number of carbonyl (C=O) groups excluding carboxylic acids is 1. The summed E-state index contributed by atoms with van der Waals surface area (Å²) in [6.07, 6.45) is 1.97. The zero-order chi connectivity index (χ0) is 14.2. The summed E-state index contributed by atoms with van der Waals surface area (Å²) in [5.74, 6) is -1.15. The molecule has 0 spiro atoms. The van der Waals surface area contributed by atoms with Gasteiger partial charge in [0.2, 0.25) is 0 Å². The maximum atomic E-state index is 12.4. The molecule has 1 fully saturated rings. The van der Waals surface area contributed by atoms with Crippen LogP contribution in [0.3, 0.4) is 0 Å². The van der Waals surface area contributed by atoms with Gasteiger partial charge in [0.25, 0.3) is 5.91 Å². The van der Waals surface area contributed by atoms with Gasteiger partial charge in [-0.2, -0.15) is 0 Å². The topological polar surface area (TPSA) is 70.5 Å². The van der Waals surface area contributed by atoms with Crippen molar-refractivity contribution in [3.63, 3.8) is 0 Å². The van der Waals surface area contributed by atoms with Crippen LogP contribution < -0.4 is 0 Å². The Morgan fingerprint density at radius 3 is 2.53 bits per heavy atom. The molecule has 0 aromatic carbocycles. The third-order valence-electron chi connectivity index (χ3n) is 3.68. The van der Waals surface area contributed by atoms with Crippen molar-refractivity contribution in [2.45, 2.75) is 39.2 Å². The minimum absolute atomic E-state index is 0.123. The molecule has 1 aromatic rings. The third-order valence-corrected chi connectivity index (χ3v) is 3.68. The summed E-state index contributed by atoms with van der Waals surface area (Å²) >= 11 is 0. The van der Waals surface area contributed by atoms with Crippen LogP contribution in [0.5, 0.6) is 0 Å². The van der Waals surface area contributed by atoms with Crippen molar-refractivity contribution < 1.29 is 14.7 Å². The molecule has 19 heavy (non-hydrogen) atoms. The number of amides is 1. The number of hydrogen-bond donors (Lipinski definition) is 1. The second-order valence-corrected chi connectivity index (χ2v) is 5.51. The zero-order valence-corrected chi connectivity index (χ0v) is 11.4. The van der Waals surface area contributed by atoms with Crippen LogP contribution in [-0.4, -0.2) is 39.0 Å². The maximum absolute atomic E-state index is 12.4. The molecule has 5 nitrogen and oxygen atoms in total. The smallest absolute Gasteiger partial charge is 0.337 e. The van der Waals surface area contributed by atoms with Crippen molar-refractivity contribution >= 4 is 11.9 Å². The molecule has 0 unspecified atom stereocenters. The van der Waals surface area contributed by atoms with E-state index in [9.17, 15) is 9.59 Å². The lowest BCUT2D eigenvalue weighted by Crippen LogP contribution is -2.43. The standard InChI is InChI=1S/C14H18N2O3/c1-9-10(13(18)19)5-6-11(15-9)12(17)16-8-4-7-14(16,2)3/h5-6H,4,7-8H2,1-3H3,(H,18,19). The van der Waals surface area contributed by atoms with Crippen LogP contribution in [0.25, 0.3) is 0 Å². The summed E-state index contributed by atoms with van der Waals surface area (Å²) < 4.78 is 0. The number of likely N-dealkylation sites (tertiary alicyclic amines) is 1. The van der Waals surface area contributed by atoms with Gasteiger partial charge >= 0.3 is 5.97 Å². The molecule has 1 amide bonds. The van der Waals surface area contributed by atoms with E-state index in [0.717, 1.165) is 19.4 Å². The molecule has 1 aliphatic heterocycles. The zero-order valence-electron chi connectivity index (χ0n) is 11.4. The van der Waals surface area contributed by atoms with Crippen LogP contribution in [0.4, 0.5) is 0 Å². The molecule has 0 saturated carbocycles. The molecule has 2 heterocycles. The first-order chi connectivity index (χ1) is 8.83. The molecule has 0 radical (unpaired) electrons. The molecule has 0 bridgehead atoms. The van der Waals surface area contributed by atoms with Gasteiger partial charge in [0.15, 0.2) is 0 Å². The number of aromatic carboxylic acids is 1. The van der Waals surface area contributed by atoms with Gasteiger partial charge in [-0.15, -0.1) is 0 Å². The molecule has 2 rings (SSSR count). The first-order valence-corrected chi connectivity index (χ1v) is 6.36. The van der Waals surface area contributed by atoms with Crippen molar-refractivity contribution in [2.24, 2.45) is 0 Å². The van der Waals surface area contributed by atoms with E-state index >= 15 is 0 Å². The molecule has 1 aliphatic rings. The summed E-state index contributed by atoms with van der Waals surface area (Å²) in [6, 6.07) is 2.94. The number of rotatable bonds is 2. The highest BCUT2D eigenvalue weighted by atomic mass is 16.4. The minimum Gasteiger partial charge on any atom is -0.478 e. The van der Waals surface area contributed by atoms with Crippen molar-refractivity contribution in [1.82, 2.24) is 9.88 Å². The Bertz CT molecular complexity index is 537. The summed E-state index contributed by atoms with van der Waals surface area (Å²) in [4.78, 5) is 29.3.